The molecule has 5 rings (SSSR count). The van der Waals surface area contributed by atoms with E-state index in [9.17, 15) is 5.11 Å². The largest absolute Gasteiger partial charge is 0.394 e. The summed E-state index contributed by atoms with van der Waals surface area (Å²) in [7, 11) is 0. The molecular weight excluding hydrogens is 452 g/mol. The van der Waals surface area contributed by atoms with Crippen LogP contribution in [0.1, 0.15) is 17.0 Å². The van der Waals surface area contributed by atoms with E-state index in [4.69, 9.17) is 26.1 Å². The fourth-order valence-corrected chi connectivity index (χ4v) is 4.19. The Balaban J connectivity index is 1.60. The lowest BCUT2D eigenvalue weighted by molar-refractivity contribution is 0.269. The van der Waals surface area contributed by atoms with Crippen LogP contribution >= 0.6 is 11.6 Å². The Bertz CT molecular complexity index is 1460. The number of halogens is 1. The van der Waals surface area contributed by atoms with E-state index in [0.29, 0.717) is 29.8 Å². The molecule has 2 aromatic carbocycles. The van der Waals surface area contributed by atoms with Crippen LogP contribution in [0.25, 0.3) is 33.4 Å². The first-order valence-electron chi connectivity index (χ1n) is 10.9. The number of anilines is 1. The molecule has 3 aromatic heterocycles. The normalized spacial score (nSPS) is 11.3. The van der Waals surface area contributed by atoms with Crippen molar-refractivity contribution in [2.45, 2.75) is 26.9 Å². The first-order chi connectivity index (χ1) is 16.5. The van der Waals surface area contributed by atoms with Gasteiger partial charge in [0.2, 0.25) is 0 Å². The van der Waals surface area contributed by atoms with Gasteiger partial charge in [0.05, 0.1) is 36.1 Å². The third kappa shape index (κ3) is 4.37. The molecule has 0 saturated heterocycles. The molecule has 8 nitrogen and oxygen atoms in total. The van der Waals surface area contributed by atoms with Crippen LogP contribution in [0.4, 0.5) is 5.82 Å². The minimum Gasteiger partial charge on any atom is -0.394 e. The van der Waals surface area contributed by atoms with E-state index in [-0.39, 0.29) is 6.61 Å². The summed E-state index contributed by atoms with van der Waals surface area (Å²) in [5, 5.41) is 22.6. The molecule has 0 atom stereocenters. The summed E-state index contributed by atoms with van der Waals surface area (Å²) in [5.41, 5.74) is 5.40. The highest BCUT2D eigenvalue weighted by Gasteiger charge is 2.16. The van der Waals surface area contributed by atoms with Crippen molar-refractivity contribution < 1.29 is 9.63 Å². The van der Waals surface area contributed by atoms with Crippen molar-refractivity contribution in [3.63, 3.8) is 0 Å². The maximum Gasteiger partial charge on any atom is 0.165 e. The van der Waals surface area contributed by atoms with E-state index < -0.39 is 0 Å². The highest BCUT2D eigenvalue weighted by Crippen LogP contribution is 2.32. The number of nitrogens with zero attached hydrogens (tertiary/aromatic N) is 5. The number of aromatic nitrogens is 5. The monoisotopic (exact) mass is 474 g/mol. The molecule has 34 heavy (non-hydrogen) atoms. The second kappa shape index (κ2) is 9.24. The molecule has 0 aliphatic rings. The van der Waals surface area contributed by atoms with Gasteiger partial charge in [-0.25, -0.2) is 9.97 Å². The summed E-state index contributed by atoms with van der Waals surface area (Å²) in [6.07, 6.45) is 3.53. The Morgan fingerprint density at radius 3 is 2.74 bits per heavy atom. The molecule has 0 radical (unpaired) electrons. The molecule has 172 valence electrons. The fourth-order valence-electron chi connectivity index (χ4n) is 3.98. The number of rotatable bonds is 7. The van der Waals surface area contributed by atoms with Crippen molar-refractivity contribution in [2.24, 2.45) is 0 Å². The summed E-state index contributed by atoms with van der Waals surface area (Å²) >= 11 is 6.17. The summed E-state index contributed by atoms with van der Waals surface area (Å²) in [5.74, 6) is 2.01. The third-order valence-corrected chi connectivity index (χ3v) is 5.82. The molecule has 0 spiro atoms. The maximum absolute atomic E-state index is 9.20. The van der Waals surface area contributed by atoms with Gasteiger partial charge in [0.1, 0.15) is 11.6 Å². The Labute approximate surface area is 201 Å². The van der Waals surface area contributed by atoms with Crippen LogP contribution < -0.4 is 5.32 Å². The summed E-state index contributed by atoms with van der Waals surface area (Å²) in [6, 6.07) is 13.8. The molecule has 0 fully saturated rings. The highest BCUT2D eigenvalue weighted by atomic mass is 35.5. The van der Waals surface area contributed by atoms with E-state index in [0.717, 1.165) is 44.6 Å². The Morgan fingerprint density at radius 2 is 1.97 bits per heavy atom. The number of fused-ring (bicyclic) bond motifs is 1. The van der Waals surface area contributed by atoms with Crippen LogP contribution in [0.5, 0.6) is 0 Å². The van der Waals surface area contributed by atoms with Crippen LogP contribution in [0.15, 0.2) is 59.4 Å². The Kier molecular flexibility index (Phi) is 6.00. The van der Waals surface area contributed by atoms with Crippen molar-refractivity contribution in [2.75, 3.05) is 11.9 Å². The van der Waals surface area contributed by atoms with Crippen molar-refractivity contribution in [3.05, 3.63) is 76.9 Å². The highest BCUT2D eigenvalue weighted by molar-refractivity contribution is 6.30. The molecule has 0 saturated carbocycles. The number of aliphatic hydroxyl groups is 1. The molecule has 5 aromatic rings. The number of hydrogen-bond acceptors (Lipinski definition) is 7. The van der Waals surface area contributed by atoms with Gasteiger partial charge in [0.25, 0.3) is 0 Å². The van der Waals surface area contributed by atoms with E-state index in [1.807, 2.05) is 56.4 Å². The lowest BCUT2D eigenvalue weighted by Gasteiger charge is -2.12. The van der Waals surface area contributed by atoms with Crippen molar-refractivity contribution in [1.82, 2.24) is 24.9 Å². The second-order valence-electron chi connectivity index (χ2n) is 8.03. The smallest absolute Gasteiger partial charge is 0.165 e. The minimum atomic E-state index is 0.0105. The van der Waals surface area contributed by atoms with Crippen molar-refractivity contribution in [1.29, 1.82) is 0 Å². The van der Waals surface area contributed by atoms with E-state index in [1.54, 1.807) is 10.9 Å². The van der Waals surface area contributed by atoms with E-state index in [2.05, 4.69) is 21.6 Å². The third-order valence-electron chi connectivity index (χ3n) is 5.59. The molecule has 0 aliphatic carbocycles. The van der Waals surface area contributed by atoms with Gasteiger partial charge in [-0.05, 0) is 49.2 Å². The predicted molar refractivity (Wildman–Crippen MR) is 132 cm³/mol. The van der Waals surface area contributed by atoms with Gasteiger partial charge in [-0.3, -0.25) is 4.68 Å². The topological polar surface area (TPSA) is 102 Å². The molecule has 2 N–H and O–H groups in total. The zero-order valence-electron chi connectivity index (χ0n) is 18.8. The predicted octanol–water partition coefficient (Wildman–Crippen LogP) is 5.02. The Morgan fingerprint density at radius 1 is 1.09 bits per heavy atom. The number of hydrogen-bond donors (Lipinski definition) is 2. The molecule has 0 bridgehead atoms. The quantitative estimate of drug-likeness (QED) is 0.341. The standard InChI is InChI=1S/C25H23ClN6O2/c1-15-23(16(2)34-31-15)18-6-7-22-21(11-18)25(27-12-17-4-3-5-20(26)10-17)30-24(29-22)19-13-28-32(14-19)8-9-33/h3-7,10-11,13-14,33H,8-9,12H2,1-2H3,(H,27,29,30). The zero-order chi connectivity index (χ0) is 23.7. The van der Waals surface area contributed by atoms with Gasteiger partial charge >= 0.3 is 0 Å². The lowest BCUT2D eigenvalue weighted by atomic mass is 10.0. The number of benzene rings is 2. The van der Waals surface area contributed by atoms with Gasteiger partial charge in [-0.1, -0.05) is 35.0 Å². The first-order valence-corrected chi connectivity index (χ1v) is 11.3. The van der Waals surface area contributed by atoms with Gasteiger partial charge in [-0.15, -0.1) is 0 Å². The molecule has 3 heterocycles. The van der Waals surface area contributed by atoms with Gasteiger partial charge in [-0.2, -0.15) is 5.10 Å². The summed E-state index contributed by atoms with van der Waals surface area (Å²) in [4.78, 5) is 9.63. The maximum atomic E-state index is 9.20. The minimum absolute atomic E-state index is 0.0105. The number of aryl methyl sites for hydroxylation is 2. The zero-order valence-corrected chi connectivity index (χ0v) is 19.5. The van der Waals surface area contributed by atoms with Gasteiger partial charge in [0.15, 0.2) is 5.82 Å². The molecule has 0 amide bonds. The van der Waals surface area contributed by atoms with Crippen LogP contribution in [0, 0.1) is 13.8 Å². The summed E-state index contributed by atoms with van der Waals surface area (Å²) < 4.78 is 7.04. The molecule has 9 heteroatoms. The molecule has 0 unspecified atom stereocenters. The lowest BCUT2D eigenvalue weighted by Crippen LogP contribution is -2.04. The van der Waals surface area contributed by atoms with Crippen LogP contribution in [0.3, 0.4) is 0 Å². The Hall–Kier alpha value is -3.75. The second-order valence-corrected chi connectivity index (χ2v) is 8.46. The summed E-state index contributed by atoms with van der Waals surface area (Å²) in [6.45, 7) is 4.80. The van der Waals surface area contributed by atoms with Crippen LogP contribution in [0.2, 0.25) is 5.02 Å². The van der Waals surface area contributed by atoms with E-state index >= 15 is 0 Å². The van der Waals surface area contributed by atoms with E-state index in [1.165, 1.54) is 0 Å². The average Bonchev–Trinajstić information content (AvgIpc) is 3.43. The first kappa shape index (κ1) is 22.1. The number of aliphatic hydroxyl groups excluding tert-OH is 1. The fraction of sp³-hybridized carbons (Fsp3) is 0.200. The van der Waals surface area contributed by atoms with Crippen molar-refractivity contribution >= 4 is 28.3 Å². The molecule has 0 aliphatic heterocycles. The molecular formula is C25H23ClN6O2. The van der Waals surface area contributed by atoms with Crippen LogP contribution in [-0.4, -0.2) is 36.6 Å². The average molecular weight is 475 g/mol. The van der Waals surface area contributed by atoms with Gasteiger partial charge in [0, 0.05) is 28.7 Å². The SMILES string of the molecule is Cc1noc(C)c1-c1ccc2nc(-c3cnn(CCO)c3)nc(NCc3cccc(Cl)c3)c2c1. The number of nitrogens with one attached hydrogen (secondary N) is 1. The van der Waals surface area contributed by atoms with Crippen molar-refractivity contribution in [3.8, 4) is 22.5 Å². The van der Waals surface area contributed by atoms with Crippen LogP contribution in [-0.2, 0) is 13.1 Å². The van der Waals surface area contributed by atoms with Gasteiger partial charge < -0.3 is 14.9 Å².